The van der Waals surface area contributed by atoms with Gasteiger partial charge in [0.1, 0.15) is 0 Å². The van der Waals surface area contributed by atoms with Crippen molar-refractivity contribution < 1.29 is 19.4 Å². The van der Waals surface area contributed by atoms with Gasteiger partial charge in [-0.3, -0.25) is 0 Å². The summed E-state index contributed by atoms with van der Waals surface area (Å²) < 4.78 is 5.34. The molecular weight excluding hydrogens is 366 g/mol. The maximum absolute atomic E-state index is 13.1. The molecule has 0 aliphatic carbocycles. The number of carboxylic acids is 1. The van der Waals surface area contributed by atoms with Crippen molar-refractivity contribution >= 4 is 45.0 Å². The highest BCUT2D eigenvalue weighted by atomic mass is 16.6. The van der Waals surface area contributed by atoms with Crippen LogP contribution >= 0.6 is 0 Å². The van der Waals surface area contributed by atoms with Gasteiger partial charge in [0.15, 0.2) is 0 Å². The molecular formula is C24H19NO4. The molecule has 0 unspecified atom stereocenters. The fourth-order valence-corrected chi connectivity index (χ4v) is 3.57. The second-order valence-electron chi connectivity index (χ2n) is 6.52. The van der Waals surface area contributed by atoms with Crippen LogP contribution in [-0.2, 0) is 4.74 Å². The van der Waals surface area contributed by atoms with Gasteiger partial charge in [-0.05, 0) is 29.8 Å². The lowest BCUT2D eigenvalue weighted by Crippen LogP contribution is -2.29. The van der Waals surface area contributed by atoms with Crippen molar-refractivity contribution in [2.45, 2.75) is 6.92 Å². The van der Waals surface area contributed by atoms with E-state index in [1.165, 1.54) is 11.0 Å². The maximum Gasteiger partial charge on any atom is 0.418 e. The largest absolute Gasteiger partial charge is 0.478 e. The molecule has 0 saturated heterocycles. The molecule has 0 aromatic heterocycles. The molecule has 4 rings (SSSR count). The molecule has 0 radical (unpaired) electrons. The monoisotopic (exact) mass is 385 g/mol. The van der Waals surface area contributed by atoms with E-state index in [2.05, 4.69) is 0 Å². The van der Waals surface area contributed by atoms with Gasteiger partial charge in [-0.25, -0.2) is 14.5 Å². The number of hydrogen-bond donors (Lipinski definition) is 1. The molecule has 0 saturated carbocycles. The van der Waals surface area contributed by atoms with E-state index >= 15 is 0 Å². The lowest BCUT2D eigenvalue weighted by Gasteiger charge is -2.26. The molecule has 0 aliphatic heterocycles. The predicted molar refractivity (Wildman–Crippen MR) is 114 cm³/mol. The third-order valence-electron chi connectivity index (χ3n) is 4.81. The van der Waals surface area contributed by atoms with Gasteiger partial charge >= 0.3 is 12.1 Å². The molecule has 144 valence electrons. The van der Waals surface area contributed by atoms with Crippen LogP contribution in [0.5, 0.6) is 0 Å². The smallest absolute Gasteiger partial charge is 0.418 e. The number of nitrogens with zero attached hydrogens (tertiary/aromatic N) is 1. The van der Waals surface area contributed by atoms with Crippen LogP contribution in [0, 0.1) is 0 Å². The van der Waals surface area contributed by atoms with Crippen molar-refractivity contribution in [2.24, 2.45) is 0 Å². The molecule has 1 amide bonds. The molecule has 0 atom stereocenters. The molecule has 4 aromatic carbocycles. The number of fused-ring (bicyclic) bond motifs is 2. The van der Waals surface area contributed by atoms with Crippen LogP contribution in [0.3, 0.4) is 0 Å². The van der Waals surface area contributed by atoms with Crippen molar-refractivity contribution in [1.82, 2.24) is 0 Å². The zero-order valence-corrected chi connectivity index (χ0v) is 15.8. The predicted octanol–water partition coefficient (Wildman–Crippen LogP) is 5.99. The summed E-state index contributed by atoms with van der Waals surface area (Å²) in [6.07, 6.45) is -0.622. The Bertz CT molecular complexity index is 1230. The van der Waals surface area contributed by atoms with Crippen LogP contribution in [0.1, 0.15) is 17.3 Å². The zero-order chi connectivity index (χ0) is 20.4. The van der Waals surface area contributed by atoms with E-state index in [0.717, 1.165) is 16.2 Å². The number of anilines is 2. The molecule has 0 fully saturated rings. The summed E-state index contributed by atoms with van der Waals surface area (Å²) in [6.45, 7) is 1.90. The third kappa shape index (κ3) is 3.27. The standard InChI is InChI=1S/C24H19NO4/c1-2-29-24(28)25(21-13-7-10-16-8-3-5-11-18(16)21)22-19-12-6-4-9-17(19)14-15-20(22)23(26)27/h3-15H,2H2,1H3,(H,26,27). The summed E-state index contributed by atoms with van der Waals surface area (Å²) in [5.41, 5.74) is 0.899. The van der Waals surface area contributed by atoms with Crippen LogP contribution in [0.25, 0.3) is 21.5 Å². The second-order valence-corrected chi connectivity index (χ2v) is 6.52. The van der Waals surface area contributed by atoms with Crippen LogP contribution in [0.4, 0.5) is 16.2 Å². The van der Waals surface area contributed by atoms with Gasteiger partial charge in [-0.2, -0.15) is 0 Å². The number of ether oxygens (including phenoxy) is 1. The fraction of sp³-hybridized carbons (Fsp3) is 0.0833. The highest BCUT2D eigenvalue weighted by molar-refractivity contribution is 6.16. The van der Waals surface area contributed by atoms with E-state index in [-0.39, 0.29) is 12.2 Å². The van der Waals surface area contributed by atoms with E-state index in [4.69, 9.17) is 4.74 Å². The lowest BCUT2D eigenvalue weighted by molar-refractivity contribution is 0.0698. The number of benzene rings is 4. The van der Waals surface area contributed by atoms with Crippen LogP contribution in [-0.4, -0.2) is 23.8 Å². The molecule has 1 N–H and O–H groups in total. The first kappa shape index (κ1) is 18.5. The van der Waals surface area contributed by atoms with E-state index in [0.29, 0.717) is 16.8 Å². The number of aromatic carboxylic acids is 1. The first-order valence-corrected chi connectivity index (χ1v) is 9.31. The van der Waals surface area contributed by atoms with E-state index in [1.807, 2.05) is 60.7 Å². The third-order valence-corrected chi connectivity index (χ3v) is 4.81. The number of amides is 1. The molecule has 4 aromatic rings. The number of carbonyl (C=O) groups excluding carboxylic acids is 1. The SMILES string of the molecule is CCOC(=O)N(c1cccc2ccccc12)c1c(C(=O)O)ccc2ccccc12. The molecule has 0 heterocycles. The van der Waals surface area contributed by atoms with Gasteiger partial charge in [0.05, 0.1) is 23.5 Å². The van der Waals surface area contributed by atoms with Crippen LogP contribution < -0.4 is 4.90 Å². The number of carboxylic acid groups (broad SMARTS) is 1. The summed E-state index contributed by atoms with van der Waals surface area (Å²) in [7, 11) is 0. The molecule has 0 spiro atoms. The Morgan fingerprint density at radius 2 is 1.45 bits per heavy atom. The fourth-order valence-electron chi connectivity index (χ4n) is 3.57. The van der Waals surface area contributed by atoms with Gasteiger partial charge < -0.3 is 9.84 Å². The number of carbonyl (C=O) groups is 2. The molecule has 5 nitrogen and oxygen atoms in total. The molecule has 0 bridgehead atoms. The lowest BCUT2D eigenvalue weighted by atomic mass is 10.0. The summed E-state index contributed by atoms with van der Waals surface area (Å²) in [5.74, 6) is -1.11. The summed E-state index contributed by atoms with van der Waals surface area (Å²) in [6, 6.07) is 23.9. The first-order valence-electron chi connectivity index (χ1n) is 9.31. The molecule has 5 heteroatoms. The summed E-state index contributed by atoms with van der Waals surface area (Å²) >= 11 is 0. The highest BCUT2D eigenvalue weighted by Crippen LogP contribution is 2.39. The molecule has 0 aliphatic rings. The van der Waals surface area contributed by atoms with Crippen molar-refractivity contribution in [3.63, 3.8) is 0 Å². The van der Waals surface area contributed by atoms with Gasteiger partial charge in [-0.15, -0.1) is 0 Å². The van der Waals surface area contributed by atoms with Gasteiger partial charge in [-0.1, -0.05) is 66.7 Å². The Kier molecular flexibility index (Phi) is 4.87. The van der Waals surface area contributed by atoms with E-state index in [1.54, 1.807) is 19.1 Å². The van der Waals surface area contributed by atoms with Crippen molar-refractivity contribution in [3.05, 3.63) is 84.4 Å². The molecule has 29 heavy (non-hydrogen) atoms. The Labute approximate surface area is 167 Å². The average molecular weight is 385 g/mol. The minimum atomic E-state index is -1.11. The number of hydrogen-bond acceptors (Lipinski definition) is 3. The van der Waals surface area contributed by atoms with Crippen LogP contribution in [0.2, 0.25) is 0 Å². The topological polar surface area (TPSA) is 66.8 Å². The Morgan fingerprint density at radius 3 is 2.14 bits per heavy atom. The highest BCUT2D eigenvalue weighted by Gasteiger charge is 2.28. The first-order chi connectivity index (χ1) is 14.1. The van der Waals surface area contributed by atoms with Crippen molar-refractivity contribution in [2.75, 3.05) is 11.5 Å². The second kappa shape index (κ2) is 7.64. The van der Waals surface area contributed by atoms with Gasteiger partial charge in [0.2, 0.25) is 0 Å². The van der Waals surface area contributed by atoms with Crippen LogP contribution in [0.15, 0.2) is 78.9 Å². The minimum absolute atomic E-state index is 0.0321. The number of rotatable bonds is 4. The Morgan fingerprint density at radius 1 is 0.828 bits per heavy atom. The zero-order valence-electron chi connectivity index (χ0n) is 15.8. The Balaban J connectivity index is 2.10. The Hall–Kier alpha value is -3.86. The average Bonchev–Trinajstić information content (AvgIpc) is 2.74. The quantitative estimate of drug-likeness (QED) is 0.469. The van der Waals surface area contributed by atoms with Crippen molar-refractivity contribution in [3.8, 4) is 0 Å². The summed E-state index contributed by atoms with van der Waals surface area (Å²) in [5, 5.41) is 13.1. The maximum atomic E-state index is 13.1. The summed E-state index contributed by atoms with van der Waals surface area (Å²) in [4.78, 5) is 26.6. The van der Waals surface area contributed by atoms with Gasteiger partial charge in [0.25, 0.3) is 0 Å². The van der Waals surface area contributed by atoms with Crippen molar-refractivity contribution in [1.29, 1.82) is 0 Å². The normalized spacial score (nSPS) is 10.8. The van der Waals surface area contributed by atoms with E-state index in [9.17, 15) is 14.7 Å². The van der Waals surface area contributed by atoms with E-state index < -0.39 is 12.1 Å². The minimum Gasteiger partial charge on any atom is -0.478 e. The van der Waals surface area contributed by atoms with Gasteiger partial charge in [0, 0.05) is 10.8 Å².